The van der Waals surface area contributed by atoms with Crippen LogP contribution in [0.4, 0.5) is 10.3 Å². The van der Waals surface area contributed by atoms with Crippen LogP contribution in [0.15, 0.2) is 42.7 Å². The number of hydrogen-bond acceptors (Lipinski definition) is 4. The number of carbonyl (C=O) groups is 1. The molecule has 4 nitrogen and oxygen atoms in total. The zero-order valence-corrected chi connectivity index (χ0v) is 10.7. The minimum Gasteiger partial charge on any atom is -0.273 e. The van der Waals surface area contributed by atoms with Crippen LogP contribution in [-0.2, 0) is 4.79 Å². The molecular formula is C13H10FN3OS. The lowest BCUT2D eigenvalue weighted by Gasteiger charge is -2.21. The molecule has 1 saturated heterocycles. The first-order valence-electron chi connectivity index (χ1n) is 5.72. The van der Waals surface area contributed by atoms with Crippen molar-refractivity contribution in [1.82, 2.24) is 9.97 Å². The maximum absolute atomic E-state index is 13.0. The zero-order chi connectivity index (χ0) is 13.2. The lowest BCUT2D eigenvalue weighted by Crippen LogP contribution is -2.29. The van der Waals surface area contributed by atoms with Gasteiger partial charge in [-0.1, -0.05) is 12.1 Å². The van der Waals surface area contributed by atoms with Crippen molar-refractivity contribution in [2.24, 2.45) is 0 Å². The molecule has 2 heterocycles. The molecule has 0 aliphatic carbocycles. The number of halogens is 1. The van der Waals surface area contributed by atoms with E-state index in [1.807, 2.05) is 0 Å². The summed E-state index contributed by atoms with van der Waals surface area (Å²) in [5.74, 6) is 0.429. The molecule has 0 N–H and O–H groups in total. The number of hydrogen-bond donors (Lipinski definition) is 0. The summed E-state index contributed by atoms with van der Waals surface area (Å²) in [6.45, 7) is 0. The summed E-state index contributed by atoms with van der Waals surface area (Å²) in [5.41, 5.74) is 0.865. The average molecular weight is 275 g/mol. The molecule has 6 heteroatoms. The number of aromatic nitrogens is 2. The van der Waals surface area contributed by atoms with Crippen molar-refractivity contribution in [2.75, 3.05) is 10.7 Å². The van der Waals surface area contributed by atoms with Gasteiger partial charge in [-0.25, -0.2) is 14.4 Å². The fourth-order valence-corrected chi connectivity index (χ4v) is 3.08. The standard InChI is InChI=1S/C13H10FN3OS/c14-10-4-2-9(3-5-10)12-17(11(18)8-19-12)13-15-6-1-7-16-13/h1-7,12H,8H2. The van der Waals surface area contributed by atoms with Crippen LogP contribution in [0.25, 0.3) is 0 Å². The van der Waals surface area contributed by atoms with E-state index in [2.05, 4.69) is 9.97 Å². The first-order valence-corrected chi connectivity index (χ1v) is 6.77. The molecule has 1 aromatic carbocycles. The van der Waals surface area contributed by atoms with Crippen LogP contribution in [0.3, 0.4) is 0 Å². The van der Waals surface area contributed by atoms with Crippen molar-refractivity contribution >= 4 is 23.6 Å². The molecule has 1 atom stereocenters. The number of thioether (sulfide) groups is 1. The highest BCUT2D eigenvalue weighted by Crippen LogP contribution is 2.40. The monoisotopic (exact) mass is 275 g/mol. The van der Waals surface area contributed by atoms with Gasteiger partial charge in [0.1, 0.15) is 11.2 Å². The summed E-state index contributed by atoms with van der Waals surface area (Å²) in [5, 5.41) is -0.199. The molecule has 2 aromatic rings. The topological polar surface area (TPSA) is 46.1 Å². The van der Waals surface area contributed by atoms with Gasteiger partial charge in [-0.15, -0.1) is 11.8 Å². The molecule has 1 fully saturated rings. The molecule has 1 aromatic heterocycles. The van der Waals surface area contributed by atoms with Crippen LogP contribution < -0.4 is 4.90 Å². The second-order valence-corrected chi connectivity index (χ2v) is 5.10. The van der Waals surface area contributed by atoms with Gasteiger partial charge in [0.25, 0.3) is 0 Å². The van der Waals surface area contributed by atoms with Crippen LogP contribution >= 0.6 is 11.8 Å². The third-order valence-electron chi connectivity index (χ3n) is 2.79. The maximum Gasteiger partial charge on any atom is 0.240 e. The molecule has 0 saturated carbocycles. The summed E-state index contributed by atoms with van der Waals surface area (Å²) >= 11 is 1.49. The zero-order valence-electron chi connectivity index (χ0n) is 9.86. The van der Waals surface area contributed by atoms with E-state index < -0.39 is 0 Å². The minimum absolute atomic E-state index is 0.0366. The molecule has 3 rings (SSSR count). The largest absolute Gasteiger partial charge is 0.273 e. The van der Waals surface area contributed by atoms with E-state index in [0.29, 0.717) is 11.7 Å². The molecule has 1 unspecified atom stereocenters. The normalized spacial score (nSPS) is 18.9. The molecule has 0 bridgehead atoms. The van der Waals surface area contributed by atoms with Gasteiger partial charge in [-0.3, -0.25) is 9.69 Å². The van der Waals surface area contributed by atoms with Gasteiger partial charge in [-0.05, 0) is 23.8 Å². The van der Waals surface area contributed by atoms with Gasteiger partial charge in [0.05, 0.1) is 5.75 Å². The number of rotatable bonds is 2. The Kier molecular flexibility index (Phi) is 3.16. The SMILES string of the molecule is O=C1CSC(c2ccc(F)cc2)N1c1ncccn1. The first kappa shape index (κ1) is 12.1. The summed E-state index contributed by atoms with van der Waals surface area (Å²) in [7, 11) is 0. The van der Waals surface area contributed by atoms with Gasteiger partial charge < -0.3 is 0 Å². The van der Waals surface area contributed by atoms with E-state index in [0.717, 1.165) is 5.56 Å². The Morgan fingerprint density at radius 2 is 1.89 bits per heavy atom. The second-order valence-electron chi connectivity index (χ2n) is 4.03. The summed E-state index contributed by atoms with van der Waals surface area (Å²) in [6.07, 6.45) is 3.20. The van der Waals surface area contributed by atoms with Crippen molar-refractivity contribution in [3.63, 3.8) is 0 Å². The molecule has 1 amide bonds. The van der Waals surface area contributed by atoms with Crippen molar-refractivity contribution in [2.45, 2.75) is 5.37 Å². The number of nitrogens with zero attached hydrogens (tertiary/aromatic N) is 3. The predicted molar refractivity (Wildman–Crippen MR) is 71.1 cm³/mol. The average Bonchev–Trinajstić information content (AvgIpc) is 2.82. The molecule has 0 spiro atoms. The van der Waals surface area contributed by atoms with E-state index in [4.69, 9.17) is 0 Å². The minimum atomic E-state index is -0.291. The Morgan fingerprint density at radius 3 is 2.58 bits per heavy atom. The maximum atomic E-state index is 13.0. The van der Waals surface area contributed by atoms with Crippen LogP contribution in [-0.4, -0.2) is 21.6 Å². The fourth-order valence-electron chi connectivity index (χ4n) is 1.93. The van der Waals surface area contributed by atoms with Crippen LogP contribution in [0.2, 0.25) is 0 Å². The van der Waals surface area contributed by atoms with Crippen molar-refractivity contribution in [1.29, 1.82) is 0 Å². The molecule has 1 aliphatic heterocycles. The summed E-state index contributed by atoms with van der Waals surface area (Å²) < 4.78 is 13.0. The molecule has 96 valence electrons. The van der Waals surface area contributed by atoms with E-state index in [1.165, 1.54) is 23.9 Å². The lowest BCUT2D eigenvalue weighted by molar-refractivity contribution is -0.115. The fraction of sp³-hybridized carbons (Fsp3) is 0.154. The van der Waals surface area contributed by atoms with Gasteiger partial charge in [0, 0.05) is 12.4 Å². The second kappa shape index (κ2) is 4.97. The van der Waals surface area contributed by atoms with Gasteiger partial charge >= 0.3 is 0 Å². The smallest absolute Gasteiger partial charge is 0.240 e. The Balaban J connectivity index is 1.97. The Bertz CT molecular complexity index is 591. The van der Waals surface area contributed by atoms with Gasteiger partial charge in [0.15, 0.2) is 0 Å². The predicted octanol–water partition coefficient (Wildman–Crippen LogP) is 2.39. The third-order valence-corrected chi connectivity index (χ3v) is 4.00. The number of anilines is 1. The molecule has 19 heavy (non-hydrogen) atoms. The van der Waals surface area contributed by atoms with E-state index >= 15 is 0 Å². The number of benzene rings is 1. The third kappa shape index (κ3) is 2.31. The quantitative estimate of drug-likeness (QED) is 0.844. The number of carbonyl (C=O) groups excluding carboxylic acids is 1. The van der Waals surface area contributed by atoms with Crippen LogP contribution in [0.1, 0.15) is 10.9 Å². The molecular weight excluding hydrogens is 265 g/mol. The number of amides is 1. The van der Waals surface area contributed by atoms with E-state index in [9.17, 15) is 9.18 Å². The van der Waals surface area contributed by atoms with Crippen molar-refractivity contribution in [3.05, 3.63) is 54.1 Å². The molecule has 1 aliphatic rings. The van der Waals surface area contributed by atoms with Crippen LogP contribution in [0, 0.1) is 5.82 Å². The Labute approximate surface area is 113 Å². The summed E-state index contributed by atoms with van der Waals surface area (Å²) in [6, 6.07) is 7.85. The lowest BCUT2D eigenvalue weighted by atomic mass is 10.2. The van der Waals surface area contributed by atoms with Gasteiger partial charge in [0.2, 0.25) is 11.9 Å². The summed E-state index contributed by atoms with van der Waals surface area (Å²) in [4.78, 5) is 21.8. The Morgan fingerprint density at radius 1 is 1.21 bits per heavy atom. The van der Waals surface area contributed by atoms with Crippen LogP contribution in [0.5, 0.6) is 0 Å². The van der Waals surface area contributed by atoms with Crippen molar-refractivity contribution in [3.8, 4) is 0 Å². The first-order chi connectivity index (χ1) is 9.25. The highest BCUT2D eigenvalue weighted by molar-refractivity contribution is 8.00. The molecule has 0 radical (unpaired) electrons. The van der Waals surface area contributed by atoms with Gasteiger partial charge in [-0.2, -0.15) is 0 Å². The Hall–Kier alpha value is -1.95. The van der Waals surface area contributed by atoms with E-state index in [-0.39, 0.29) is 17.1 Å². The van der Waals surface area contributed by atoms with E-state index in [1.54, 1.807) is 35.5 Å². The van der Waals surface area contributed by atoms with Crippen molar-refractivity contribution < 1.29 is 9.18 Å². The highest BCUT2D eigenvalue weighted by Gasteiger charge is 2.35. The highest BCUT2D eigenvalue weighted by atomic mass is 32.2.